The Bertz CT molecular complexity index is 304. The van der Waals surface area contributed by atoms with Gasteiger partial charge in [0.25, 0.3) is 0 Å². The maximum atomic E-state index is 9.25. The minimum absolute atomic E-state index is 0.106. The maximum absolute atomic E-state index is 9.25. The molecule has 0 bridgehead atoms. The second-order valence-corrected chi connectivity index (χ2v) is 3.63. The van der Waals surface area contributed by atoms with Gasteiger partial charge in [0.05, 0.1) is 0 Å². The van der Waals surface area contributed by atoms with Crippen LogP contribution >= 0.6 is 0 Å². The molecule has 0 aliphatic heterocycles. The monoisotopic (exact) mass is 179 g/mol. The van der Waals surface area contributed by atoms with Crippen molar-refractivity contribution in [3.63, 3.8) is 0 Å². The Morgan fingerprint density at radius 1 is 1.08 bits per heavy atom. The molecule has 0 amide bonds. The van der Waals surface area contributed by atoms with Crippen molar-refractivity contribution in [2.75, 3.05) is 0 Å². The largest absolute Gasteiger partial charge is 0.508 e. The van der Waals surface area contributed by atoms with E-state index in [1.807, 2.05) is 0 Å². The fraction of sp³-hybridized carbons (Fsp3) is 0.400. The summed E-state index contributed by atoms with van der Waals surface area (Å²) in [6.45, 7) is 0. The zero-order valence-corrected chi connectivity index (χ0v) is 7.27. The molecule has 1 aliphatic carbocycles. The van der Waals surface area contributed by atoms with Crippen molar-refractivity contribution in [2.24, 2.45) is 5.73 Å². The summed E-state index contributed by atoms with van der Waals surface area (Å²) in [5.74, 6) is 0.515. The number of aromatic hydroxyl groups is 2. The number of phenols is 2. The topological polar surface area (TPSA) is 66.5 Å². The predicted octanol–water partition coefficient (Wildman–Crippen LogP) is 1.30. The Morgan fingerprint density at radius 2 is 1.69 bits per heavy atom. The zero-order valence-electron chi connectivity index (χ0n) is 7.27. The van der Waals surface area contributed by atoms with E-state index in [0.717, 1.165) is 18.4 Å². The number of hydrogen-bond acceptors (Lipinski definition) is 3. The fourth-order valence-corrected chi connectivity index (χ4v) is 1.77. The Hall–Kier alpha value is -1.22. The Kier molecular flexibility index (Phi) is 1.88. The zero-order chi connectivity index (χ0) is 9.42. The highest BCUT2D eigenvalue weighted by Gasteiger charge is 2.29. The molecule has 13 heavy (non-hydrogen) atoms. The number of rotatable bonds is 1. The normalized spacial score (nSPS) is 26.8. The summed E-state index contributed by atoms with van der Waals surface area (Å²) >= 11 is 0. The average Bonchev–Trinajstić information content (AvgIpc) is 1.99. The van der Waals surface area contributed by atoms with Crippen LogP contribution < -0.4 is 5.73 Å². The van der Waals surface area contributed by atoms with Crippen LogP contribution in [-0.2, 0) is 0 Å². The third-order valence-corrected chi connectivity index (χ3v) is 2.68. The quantitative estimate of drug-likeness (QED) is 0.608. The highest BCUT2D eigenvalue weighted by atomic mass is 16.3. The van der Waals surface area contributed by atoms with Crippen molar-refractivity contribution in [3.05, 3.63) is 23.8 Å². The van der Waals surface area contributed by atoms with Crippen LogP contribution in [0, 0.1) is 0 Å². The minimum atomic E-state index is 0.106. The van der Waals surface area contributed by atoms with E-state index in [4.69, 9.17) is 5.73 Å². The molecule has 1 aliphatic rings. The molecular formula is C10H13NO2. The highest BCUT2D eigenvalue weighted by molar-refractivity contribution is 5.39. The second-order valence-electron chi connectivity index (χ2n) is 3.63. The molecule has 1 saturated carbocycles. The van der Waals surface area contributed by atoms with Gasteiger partial charge >= 0.3 is 0 Å². The van der Waals surface area contributed by atoms with Crippen LogP contribution in [-0.4, -0.2) is 16.3 Å². The molecule has 70 valence electrons. The molecule has 0 radical (unpaired) electrons. The molecule has 4 N–H and O–H groups in total. The first-order valence-corrected chi connectivity index (χ1v) is 4.45. The van der Waals surface area contributed by atoms with Gasteiger partial charge < -0.3 is 15.9 Å². The van der Waals surface area contributed by atoms with Crippen LogP contribution in [0.15, 0.2) is 18.2 Å². The molecule has 1 aromatic carbocycles. The molecule has 0 heterocycles. The lowest BCUT2D eigenvalue weighted by Crippen LogP contribution is -2.37. The summed E-state index contributed by atoms with van der Waals surface area (Å²) in [6.07, 6.45) is 2.07. The van der Waals surface area contributed by atoms with Gasteiger partial charge in [0.2, 0.25) is 0 Å². The summed E-state index contributed by atoms with van der Waals surface area (Å²) in [4.78, 5) is 0. The van der Waals surface area contributed by atoms with Crippen molar-refractivity contribution in [1.29, 1.82) is 0 Å². The van der Waals surface area contributed by atoms with E-state index in [0.29, 0.717) is 5.92 Å². The minimum Gasteiger partial charge on any atom is -0.508 e. The van der Waals surface area contributed by atoms with Gasteiger partial charge in [-0.2, -0.15) is 0 Å². The van der Waals surface area contributed by atoms with E-state index in [1.165, 1.54) is 6.07 Å². The van der Waals surface area contributed by atoms with Crippen LogP contribution in [0.4, 0.5) is 0 Å². The van der Waals surface area contributed by atoms with E-state index >= 15 is 0 Å². The molecule has 3 heteroatoms. The van der Waals surface area contributed by atoms with Crippen molar-refractivity contribution in [3.8, 4) is 11.5 Å². The van der Waals surface area contributed by atoms with Gasteiger partial charge in [0.1, 0.15) is 11.5 Å². The van der Waals surface area contributed by atoms with Crippen LogP contribution in [0.1, 0.15) is 24.3 Å². The summed E-state index contributed by atoms with van der Waals surface area (Å²) in [5, 5.41) is 18.5. The van der Waals surface area contributed by atoms with E-state index in [-0.39, 0.29) is 17.5 Å². The first kappa shape index (κ1) is 8.38. The molecular weight excluding hydrogens is 166 g/mol. The lowest BCUT2D eigenvalue weighted by molar-refractivity contribution is 0.343. The van der Waals surface area contributed by atoms with Crippen molar-refractivity contribution in [2.45, 2.75) is 24.8 Å². The number of benzene rings is 1. The molecule has 0 spiro atoms. The molecule has 2 unspecified atom stereocenters. The molecule has 0 saturated heterocycles. The molecule has 1 aromatic rings. The van der Waals surface area contributed by atoms with Gasteiger partial charge in [-0.25, -0.2) is 0 Å². The molecule has 0 aromatic heterocycles. The van der Waals surface area contributed by atoms with Gasteiger partial charge in [-0.15, -0.1) is 0 Å². The third kappa shape index (κ3) is 1.47. The summed E-state index contributed by atoms with van der Waals surface area (Å²) in [7, 11) is 0. The summed E-state index contributed by atoms with van der Waals surface area (Å²) in [6, 6.07) is 4.85. The molecule has 2 rings (SSSR count). The van der Waals surface area contributed by atoms with Gasteiger partial charge in [0, 0.05) is 12.1 Å². The first-order valence-electron chi connectivity index (χ1n) is 4.45. The second kappa shape index (κ2) is 2.92. The third-order valence-electron chi connectivity index (χ3n) is 2.68. The Morgan fingerprint density at radius 3 is 2.08 bits per heavy atom. The van der Waals surface area contributed by atoms with Gasteiger partial charge in [-0.05, 0) is 36.5 Å². The van der Waals surface area contributed by atoms with Crippen LogP contribution in [0.2, 0.25) is 0 Å². The molecule has 3 nitrogen and oxygen atoms in total. The van der Waals surface area contributed by atoms with E-state index in [1.54, 1.807) is 12.1 Å². The highest BCUT2D eigenvalue weighted by Crippen LogP contribution is 2.38. The number of hydrogen-bond donors (Lipinski definition) is 3. The molecule has 2 atom stereocenters. The standard InChI is InChI=1S/C10H13NO2/c11-10-2-1-9(10)6-3-7(12)5-8(13)4-6/h3-5,9-10,12-13H,1-2,11H2. The lowest BCUT2D eigenvalue weighted by atomic mass is 9.75. The maximum Gasteiger partial charge on any atom is 0.119 e. The first-order chi connectivity index (χ1) is 6.16. The van der Waals surface area contributed by atoms with Gasteiger partial charge in [-0.1, -0.05) is 0 Å². The van der Waals surface area contributed by atoms with Gasteiger partial charge in [-0.3, -0.25) is 0 Å². The van der Waals surface area contributed by atoms with Crippen molar-refractivity contribution < 1.29 is 10.2 Å². The molecule has 1 fully saturated rings. The number of nitrogens with two attached hydrogens (primary N) is 1. The SMILES string of the molecule is NC1CCC1c1cc(O)cc(O)c1. The summed E-state index contributed by atoms with van der Waals surface area (Å²) in [5.41, 5.74) is 6.73. The summed E-state index contributed by atoms with van der Waals surface area (Å²) < 4.78 is 0. The van der Waals surface area contributed by atoms with E-state index in [2.05, 4.69) is 0 Å². The Labute approximate surface area is 76.8 Å². The van der Waals surface area contributed by atoms with Gasteiger partial charge in [0.15, 0.2) is 0 Å². The lowest BCUT2D eigenvalue weighted by Gasteiger charge is -2.33. The van der Waals surface area contributed by atoms with Crippen molar-refractivity contribution >= 4 is 0 Å². The number of phenolic OH excluding ortho intramolecular Hbond substituents is 2. The van der Waals surface area contributed by atoms with Crippen LogP contribution in [0.25, 0.3) is 0 Å². The van der Waals surface area contributed by atoms with E-state index < -0.39 is 0 Å². The Balaban J connectivity index is 2.29. The van der Waals surface area contributed by atoms with Crippen molar-refractivity contribution in [1.82, 2.24) is 0 Å². The van der Waals surface area contributed by atoms with E-state index in [9.17, 15) is 10.2 Å². The average molecular weight is 179 g/mol. The van der Waals surface area contributed by atoms with Crippen LogP contribution in [0.5, 0.6) is 11.5 Å². The van der Waals surface area contributed by atoms with Crippen LogP contribution in [0.3, 0.4) is 0 Å². The predicted molar refractivity (Wildman–Crippen MR) is 49.7 cm³/mol. The smallest absolute Gasteiger partial charge is 0.119 e. The fourth-order valence-electron chi connectivity index (χ4n) is 1.77.